The number of hydrogen-bond acceptors (Lipinski definition) is 4. The minimum Gasteiger partial charge on any atom is -0.497 e. The van der Waals surface area contributed by atoms with Gasteiger partial charge in [-0.1, -0.05) is 43.2 Å². The van der Waals surface area contributed by atoms with E-state index in [4.69, 9.17) is 4.74 Å². The predicted octanol–water partition coefficient (Wildman–Crippen LogP) is 5.27. The van der Waals surface area contributed by atoms with Gasteiger partial charge >= 0.3 is 0 Å². The quantitative estimate of drug-likeness (QED) is 0.454. The lowest BCUT2D eigenvalue weighted by Gasteiger charge is -2.32. The van der Waals surface area contributed by atoms with Crippen LogP contribution in [0.1, 0.15) is 47.7 Å². The van der Waals surface area contributed by atoms with Crippen LogP contribution in [0.2, 0.25) is 0 Å². The van der Waals surface area contributed by atoms with Crippen LogP contribution in [-0.4, -0.2) is 29.9 Å². The molecular weight excluding hydrogens is 451 g/mol. The number of carbonyl (C=O) groups excluding carboxylic acids is 2. The molecule has 0 aliphatic heterocycles. The lowest BCUT2D eigenvalue weighted by Crippen LogP contribution is -2.46. The van der Waals surface area contributed by atoms with Crippen molar-refractivity contribution in [3.8, 4) is 5.75 Å². The van der Waals surface area contributed by atoms with Crippen molar-refractivity contribution in [2.45, 2.75) is 50.7 Å². The van der Waals surface area contributed by atoms with E-state index in [2.05, 4.69) is 5.32 Å². The fourth-order valence-corrected chi connectivity index (χ4v) is 5.12. The van der Waals surface area contributed by atoms with Crippen LogP contribution in [-0.2, 0) is 22.6 Å². The number of nitrogens with one attached hydrogen (secondary N) is 1. The fraction of sp³-hybridized carbons (Fsp3) is 0.333. The molecule has 1 aliphatic rings. The Balaban J connectivity index is 1.70. The fourth-order valence-electron chi connectivity index (χ4n) is 4.42. The molecule has 1 fully saturated rings. The smallest absolute Gasteiger partial charge is 0.247 e. The third-order valence-electron chi connectivity index (χ3n) is 6.16. The van der Waals surface area contributed by atoms with E-state index in [0.717, 1.165) is 36.1 Å². The maximum absolute atomic E-state index is 13.7. The van der Waals surface area contributed by atoms with E-state index < -0.39 is 6.04 Å². The molecule has 1 atom stereocenters. The van der Waals surface area contributed by atoms with Crippen LogP contribution >= 0.6 is 11.3 Å². The normalized spacial score (nSPS) is 14.5. The summed E-state index contributed by atoms with van der Waals surface area (Å²) in [5, 5.41) is 5.08. The molecule has 2 aromatic carbocycles. The number of carbonyl (C=O) groups is 2. The molecule has 1 heterocycles. The molecule has 1 N–H and O–H groups in total. The second-order valence-electron chi connectivity index (χ2n) is 8.57. The van der Waals surface area contributed by atoms with Gasteiger partial charge in [0.1, 0.15) is 17.6 Å². The standard InChI is InChI=1S/C27H29FN2O3S/c1-33-23-9-4-6-19(16-23)18-30(25(31)17-24-10-5-15-34-24)26(20-11-13-21(28)14-12-20)27(32)29-22-7-2-3-8-22/h4-6,9-16,22,26H,2-3,7-8,17-18H2,1H3,(H,29,32). The zero-order valence-corrected chi connectivity index (χ0v) is 20.0. The van der Waals surface area contributed by atoms with E-state index >= 15 is 0 Å². The van der Waals surface area contributed by atoms with Crippen molar-refractivity contribution < 1.29 is 18.7 Å². The molecule has 5 nitrogen and oxygen atoms in total. The van der Waals surface area contributed by atoms with Gasteiger partial charge in [-0.05, 0) is 59.7 Å². The van der Waals surface area contributed by atoms with Crippen molar-refractivity contribution in [3.05, 3.63) is 87.9 Å². The van der Waals surface area contributed by atoms with Crippen molar-refractivity contribution in [3.63, 3.8) is 0 Å². The average Bonchev–Trinajstić information content (AvgIpc) is 3.54. The van der Waals surface area contributed by atoms with Crippen molar-refractivity contribution in [2.75, 3.05) is 7.11 Å². The van der Waals surface area contributed by atoms with Crippen molar-refractivity contribution in [1.29, 1.82) is 0 Å². The Morgan fingerprint density at radius 2 is 1.88 bits per heavy atom. The summed E-state index contributed by atoms with van der Waals surface area (Å²) in [4.78, 5) is 29.8. The average molecular weight is 481 g/mol. The number of hydrogen-bond donors (Lipinski definition) is 1. The molecule has 0 radical (unpaired) electrons. The highest BCUT2D eigenvalue weighted by Crippen LogP contribution is 2.28. The van der Waals surface area contributed by atoms with E-state index in [-0.39, 0.29) is 36.6 Å². The van der Waals surface area contributed by atoms with Crippen LogP contribution in [0.15, 0.2) is 66.0 Å². The zero-order valence-electron chi connectivity index (χ0n) is 19.2. The number of methoxy groups -OCH3 is 1. The minimum atomic E-state index is -0.875. The first kappa shape index (κ1) is 24.0. The summed E-state index contributed by atoms with van der Waals surface area (Å²) in [6.45, 7) is 0.224. The Labute approximate surface area is 203 Å². The van der Waals surface area contributed by atoms with E-state index in [1.165, 1.54) is 23.5 Å². The third-order valence-corrected chi connectivity index (χ3v) is 7.04. The second kappa shape index (κ2) is 11.3. The molecule has 0 bridgehead atoms. The summed E-state index contributed by atoms with van der Waals surface area (Å²) in [5.74, 6) is -0.109. The first-order valence-corrected chi connectivity index (χ1v) is 12.4. The lowest BCUT2D eigenvalue weighted by molar-refractivity contribution is -0.141. The van der Waals surface area contributed by atoms with Crippen molar-refractivity contribution >= 4 is 23.2 Å². The summed E-state index contributed by atoms with van der Waals surface area (Å²) in [7, 11) is 1.59. The van der Waals surface area contributed by atoms with Gasteiger partial charge in [0, 0.05) is 17.5 Å². The van der Waals surface area contributed by atoms with Gasteiger partial charge in [0.05, 0.1) is 13.5 Å². The summed E-state index contributed by atoms with van der Waals surface area (Å²) in [5.41, 5.74) is 1.43. The summed E-state index contributed by atoms with van der Waals surface area (Å²) >= 11 is 1.51. The number of ether oxygens (including phenoxy) is 1. The number of nitrogens with zero attached hydrogens (tertiary/aromatic N) is 1. The highest BCUT2D eigenvalue weighted by molar-refractivity contribution is 7.10. The highest BCUT2D eigenvalue weighted by atomic mass is 32.1. The maximum atomic E-state index is 13.7. The van der Waals surface area contributed by atoms with Gasteiger partial charge in [-0.15, -0.1) is 11.3 Å². The van der Waals surface area contributed by atoms with E-state index in [1.807, 2.05) is 41.8 Å². The molecule has 2 amide bonds. The van der Waals surface area contributed by atoms with Gasteiger partial charge < -0.3 is 15.0 Å². The van der Waals surface area contributed by atoms with Crippen molar-refractivity contribution in [1.82, 2.24) is 10.2 Å². The Morgan fingerprint density at radius 3 is 2.56 bits per heavy atom. The molecule has 1 saturated carbocycles. The number of rotatable bonds is 9. The molecule has 7 heteroatoms. The molecule has 4 rings (SSSR count). The number of amides is 2. The van der Waals surface area contributed by atoms with Crippen LogP contribution in [0.4, 0.5) is 4.39 Å². The summed E-state index contributed by atoms with van der Waals surface area (Å²) in [6.07, 6.45) is 4.21. The van der Waals surface area contributed by atoms with Crippen LogP contribution in [0.25, 0.3) is 0 Å². The van der Waals surface area contributed by atoms with Gasteiger partial charge in [-0.2, -0.15) is 0 Å². The summed E-state index contributed by atoms with van der Waals surface area (Å²) < 4.78 is 19.1. The third kappa shape index (κ3) is 6.03. The first-order valence-electron chi connectivity index (χ1n) is 11.5. The minimum absolute atomic E-state index is 0.0986. The Bertz CT molecular complexity index is 1100. The lowest BCUT2D eigenvalue weighted by atomic mass is 10.0. The SMILES string of the molecule is COc1cccc(CN(C(=O)Cc2cccs2)C(C(=O)NC2CCCC2)c2ccc(F)cc2)c1. The molecule has 0 spiro atoms. The van der Waals surface area contributed by atoms with Gasteiger partial charge in [0.2, 0.25) is 11.8 Å². The zero-order chi connectivity index (χ0) is 23.9. The van der Waals surface area contributed by atoms with Crippen LogP contribution < -0.4 is 10.1 Å². The molecule has 0 saturated heterocycles. The number of halogens is 1. The number of benzene rings is 2. The van der Waals surface area contributed by atoms with Crippen LogP contribution in [0.3, 0.4) is 0 Å². The van der Waals surface area contributed by atoms with Crippen molar-refractivity contribution in [2.24, 2.45) is 0 Å². The van der Waals surface area contributed by atoms with E-state index in [9.17, 15) is 14.0 Å². The Morgan fingerprint density at radius 1 is 1.12 bits per heavy atom. The second-order valence-corrected chi connectivity index (χ2v) is 9.61. The molecular formula is C27H29FN2O3S. The van der Waals surface area contributed by atoms with Gasteiger partial charge in [-0.3, -0.25) is 9.59 Å². The molecule has 1 unspecified atom stereocenters. The molecule has 34 heavy (non-hydrogen) atoms. The van der Waals surface area contributed by atoms with Crippen LogP contribution in [0, 0.1) is 5.82 Å². The van der Waals surface area contributed by atoms with E-state index in [1.54, 1.807) is 24.1 Å². The van der Waals surface area contributed by atoms with Gasteiger partial charge in [0.25, 0.3) is 0 Å². The first-order chi connectivity index (χ1) is 16.5. The molecule has 3 aromatic rings. The predicted molar refractivity (Wildman–Crippen MR) is 131 cm³/mol. The summed E-state index contributed by atoms with van der Waals surface area (Å²) in [6, 6.07) is 16.4. The van der Waals surface area contributed by atoms with Gasteiger partial charge in [0.15, 0.2) is 0 Å². The Kier molecular flexibility index (Phi) is 7.95. The van der Waals surface area contributed by atoms with Gasteiger partial charge in [-0.25, -0.2) is 4.39 Å². The van der Waals surface area contributed by atoms with Crippen LogP contribution in [0.5, 0.6) is 5.75 Å². The molecule has 1 aliphatic carbocycles. The Hall–Kier alpha value is -3.19. The number of thiophene rings is 1. The maximum Gasteiger partial charge on any atom is 0.247 e. The van der Waals surface area contributed by atoms with E-state index in [0.29, 0.717) is 11.3 Å². The topological polar surface area (TPSA) is 58.6 Å². The monoisotopic (exact) mass is 480 g/mol. The molecule has 178 valence electrons. The molecule has 1 aromatic heterocycles. The largest absolute Gasteiger partial charge is 0.497 e. The highest BCUT2D eigenvalue weighted by Gasteiger charge is 2.33.